The molecule has 0 aliphatic carbocycles. The molecule has 0 radical (unpaired) electrons. The first-order valence-corrected chi connectivity index (χ1v) is 10.6. The van der Waals surface area contributed by atoms with Crippen LogP contribution in [0.4, 0.5) is 4.79 Å². The van der Waals surface area contributed by atoms with Crippen LogP contribution in [-0.4, -0.2) is 55.3 Å². The van der Waals surface area contributed by atoms with E-state index in [0.717, 1.165) is 29.0 Å². The van der Waals surface area contributed by atoms with Gasteiger partial charge in [0.1, 0.15) is 5.75 Å². The van der Waals surface area contributed by atoms with Crippen molar-refractivity contribution in [3.8, 4) is 5.75 Å². The van der Waals surface area contributed by atoms with Crippen molar-refractivity contribution in [3.05, 3.63) is 65.7 Å². The molecule has 1 saturated heterocycles. The number of rotatable bonds is 10. The number of imide groups is 1. The van der Waals surface area contributed by atoms with E-state index in [2.05, 4.69) is 24.2 Å². The third kappa shape index (κ3) is 5.83. The quantitative estimate of drug-likeness (QED) is 0.590. The van der Waals surface area contributed by atoms with Crippen molar-refractivity contribution in [2.45, 2.75) is 38.6 Å². The van der Waals surface area contributed by atoms with Gasteiger partial charge in [0.2, 0.25) is 5.91 Å². The molecule has 0 spiro atoms. The summed E-state index contributed by atoms with van der Waals surface area (Å²) in [6.07, 6.45) is 0.661. The van der Waals surface area contributed by atoms with E-state index in [-0.39, 0.29) is 18.4 Å². The zero-order chi connectivity index (χ0) is 22.2. The number of amides is 3. The highest BCUT2D eigenvalue weighted by Gasteiger charge is 2.42. The van der Waals surface area contributed by atoms with Crippen molar-refractivity contribution in [1.82, 2.24) is 15.1 Å². The van der Waals surface area contributed by atoms with Crippen molar-refractivity contribution in [2.75, 3.05) is 27.3 Å². The smallest absolute Gasteiger partial charge is 0.327 e. The summed E-state index contributed by atoms with van der Waals surface area (Å²) in [4.78, 5) is 27.9. The number of likely N-dealkylation sites (N-methyl/N-ethyl adjacent to an activating group) is 1. The minimum Gasteiger partial charge on any atom is -0.469 e. The summed E-state index contributed by atoms with van der Waals surface area (Å²) in [6, 6.07) is 17.0. The van der Waals surface area contributed by atoms with Gasteiger partial charge in [-0.3, -0.25) is 9.69 Å². The van der Waals surface area contributed by atoms with Crippen LogP contribution in [0.5, 0.6) is 5.75 Å². The molecule has 1 N–H and O–H groups in total. The van der Waals surface area contributed by atoms with Crippen LogP contribution in [0.1, 0.15) is 36.9 Å². The number of likely N-dealkylation sites (tertiary alicyclic amines) is 1. The van der Waals surface area contributed by atoms with Gasteiger partial charge in [-0.15, -0.1) is 0 Å². The van der Waals surface area contributed by atoms with Gasteiger partial charge in [-0.05, 0) is 43.3 Å². The predicted molar refractivity (Wildman–Crippen MR) is 119 cm³/mol. The highest BCUT2D eigenvalue weighted by atomic mass is 16.5. The molecule has 1 heterocycles. The Morgan fingerprint density at radius 3 is 2.52 bits per heavy atom. The van der Waals surface area contributed by atoms with Crippen LogP contribution in [0, 0.1) is 0 Å². The molecule has 2 aromatic carbocycles. The Morgan fingerprint density at radius 2 is 1.90 bits per heavy atom. The van der Waals surface area contributed by atoms with Gasteiger partial charge in [-0.1, -0.05) is 49.4 Å². The molecule has 166 valence electrons. The van der Waals surface area contributed by atoms with Crippen LogP contribution in [0.15, 0.2) is 54.6 Å². The van der Waals surface area contributed by atoms with Crippen LogP contribution in [0.25, 0.3) is 0 Å². The fraction of sp³-hybridized carbons (Fsp3) is 0.417. The van der Waals surface area contributed by atoms with Gasteiger partial charge >= 0.3 is 6.03 Å². The Kier molecular flexibility index (Phi) is 8.03. The maximum Gasteiger partial charge on any atom is 0.327 e. The van der Waals surface area contributed by atoms with Gasteiger partial charge in [0.25, 0.3) is 0 Å². The summed E-state index contributed by atoms with van der Waals surface area (Å²) in [5, 5.41) is 2.78. The van der Waals surface area contributed by atoms with Crippen LogP contribution >= 0.6 is 0 Å². The molecule has 2 aromatic rings. The third-order valence-corrected chi connectivity index (χ3v) is 5.38. The zero-order valence-corrected chi connectivity index (χ0v) is 18.4. The summed E-state index contributed by atoms with van der Waals surface area (Å²) in [5.41, 5.74) is 2.10. The molecule has 3 amide bonds. The number of hydrogen-bond donors (Lipinski definition) is 1. The lowest BCUT2D eigenvalue weighted by Gasteiger charge is -2.38. The molecule has 7 nitrogen and oxygen atoms in total. The van der Waals surface area contributed by atoms with Gasteiger partial charge in [0.05, 0.1) is 19.1 Å². The van der Waals surface area contributed by atoms with Gasteiger partial charge < -0.3 is 14.8 Å². The second-order valence-electron chi connectivity index (χ2n) is 7.71. The molecule has 0 bridgehead atoms. The minimum absolute atomic E-state index is 0.157. The van der Waals surface area contributed by atoms with Gasteiger partial charge in [-0.25, -0.2) is 9.69 Å². The fourth-order valence-corrected chi connectivity index (χ4v) is 3.65. The molecule has 1 unspecified atom stereocenters. The number of benzene rings is 2. The second kappa shape index (κ2) is 10.9. The number of nitrogens with zero attached hydrogens (tertiary/aromatic N) is 2. The molecule has 7 heteroatoms. The molecular formula is C24H31N3O4. The van der Waals surface area contributed by atoms with E-state index < -0.39 is 12.3 Å². The third-order valence-electron chi connectivity index (χ3n) is 5.38. The Balaban J connectivity index is 1.58. The number of carbonyl (C=O) groups is 2. The molecule has 1 aliphatic heterocycles. The number of ether oxygens (including phenoxy) is 2. The monoisotopic (exact) mass is 425 g/mol. The topological polar surface area (TPSA) is 71.1 Å². The van der Waals surface area contributed by atoms with Crippen molar-refractivity contribution in [3.63, 3.8) is 0 Å². The van der Waals surface area contributed by atoms with E-state index in [4.69, 9.17) is 9.47 Å². The van der Waals surface area contributed by atoms with Crippen LogP contribution in [0.3, 0.4) is 0 Å². The van der Waals surface area contributed by atoms with E-state index in [1.807, 2.05) is 54.6 Å². The van der Waals surface area contributed by atoms with E-state index in [0.29, 0.717) is 18.9 Å². The molecule has 0 aromatic heterocycles. The van der Waals surface area contributed by atoms with Crippen molar-refractivity contribution in [1.29, 1.82) is 0 Å². The van der Waals surface area contributed by atoms with Gasteiger partial charge in [0, 0.05) is 13.7 Å². The van der Waals surface area contributed by atoms with Crippen LogP contribution in [-0.2, 0) is 16.1 Å². The average molecular weight is 426 g/mol. The van der Waals surface area contributed by atoms with Gasteiger partial charge in [0.15, 0.2) is 6.23 Å². The number of nitrogens with one attached hydrogen (secondary N) is 1. The second-order valence-corrected chi connectivity index (χ2v) is 7.71. The summed E-state index contributed by atoms with van der Waals surface area (Å²) in [5.74, 6) is 0.380. The van der Waals surface area contributed by atoms with E-state index in [9.17, 15) is 9.59 Å². The number of β-lactam (4-membered cyclic amide) rings is 1. The number of methoxy groups -OCH3 is 1. The fourth-order valence-electron chi connectivity index (χ4n) is 3.65. The van der Waals surface area contributed by atoms with E-state index in [1.165, 1.54) is 0 Å². The number of carbonyl (C=O) groups excluding carboxylic acids is 2. The molecule has 2 atom stereocenters. The normalized spacial score (nSPS) is 16.7. The molecule has 1 fully saturated rings. The first kappa shape index (κ1) is 22.8. The number of hydrogen-bond acceptors (Lipinski definition) is 5. The summed E-state index contributed by atoms with van der Waals surface area (Å²) < 4.78 is 11.3. The van der Waals surface area contributed by atoms with Gasteiger partial charge in [-0.2, -0.15) is 0 Å². The lowest BCUT2D eigenvalue weighted by atomic mass is 10.1. The lowest BCUT2D eigenvalue weighted by Crippen LogP contribution is -2.60. The zero-order valence-electron chi connectivity index (χ0n) is 18.4. The maximum atomic E-state index is 12.5. The molecule has 3 rings (SSSR count). The Labute approximate surface area is 183 Å². The number of urea groups is 1. The summed E-state index contributed by atoms with van der Waals surface area (Å²) >= 11 is 0. The molecule has 31 heavy (non-hydrogen) atoms. The standard InChI is InChI=1S/C24H31N3O4/c1-4-14-26(2)21(17-30-3)19-10-12-20(13-11-19)31-23-15-22(28)27(23)24(29)25-16-18-8-6-5-7-9-18/h5-13,21,23H,4,14-17H2,1-3H3,(H,25,29)/t21-,23?/m1/s1. The Bertz CT molecular complexity index is 857. The highest BCUT2D eigenvalue weighted by molar-refractivity contribution is 5.99. The lowest BCUT2D eigenvalue weighted by molar-refractivity contribution is -0.152. The molecule has 0 saturated carbocycles. The van der Waals surface area contributed by atoms with Crippen LogP contribution in [0.2, 0.25) is 0 Å². The Morgan fingerprint density at radius 1 is 1.19 bits per heavy atom. The molecule has 1 aliphatic rings. The minimum atomic E-state index is -0.591. The summed E-state index contributed by atoms with van der Waals surface area (Å²) in [6.45, 7) is 4.09. The molecular weight excluding hydrogens is 394 g/mol. The largest absolute Gasteiger partial charge is 0.469 e. The summed E-state index contributed by atoms with van der Waals surface area (Å²) in [7, 11) is 3.79. The maximum absolute atomic E-state index is 12.5. The van der Waals surface area contributed by atoms with Crippen LogP contribution < -0.4 is 10.1 Å². The first-order chi connectivity index (χ1) is 15.0. The highest BCUT2D eigenvalue weighted by Crippen LogP contribution is 2.27. The average Bonchev–Trinajstić information content (AvgIpc) is 2.77. The van der Waals surface area contributed by atoms with E-state index >= 15 is 0 Å². The van der Waals surface area contributed by atoms with Crippen molar-refractivity contribution in [2.24, 2.45) is 0 Å². The predicted octanol–water partition coefficient (Wildman–Crippen LogP) is 3.56. The Hall–Kier alpha value is -2.90. The van der Waals surface area contributed by atoms with E-state index in [1.54, 1.807) is 7.11 Å². The first-order valence-electron chi connectivity index (χ1n) is 10.6. The van der Waals surface area contributed by atoms with Crippen molar-refractivity contribution < 1.29 is 19.1 Å². The SMILES string of the molecule is CCCN(C)[C@H](COC)c1ccc(OC2CC(=O)N2C(=O)NCc2ccccc2)cc1. The van der Waals surface area contributed by atoms with Crippen molar-refractivity contribution >= 4 is 11.9 Å².